The van der Waals surface area contributed by atoms with E-state index in [4.69, 9.17) is 4.74 Å². The number of anilines is 1. The first kappa shape index (κ1) is 14.6. The zero-order chi connectivity index (χ0) is 14.9. The molecule has 0 aliphatic carbocycles. The number of hydrogen-bond donors (Lipinski definition) is 2. The van der Waals surface area contributed by atoms with Gasteiger partial charge in [0.25, 0.3) is 0 Å². The molecule has 2 N–H and O–H groups in total. The molecular formula is C14H21N3O3. The lowest BCUT2D eigenvalue weighted by Crippen LogP contribution is -2.45. The Balaban J connectivity index is 2.37. The highest BCUT2D eigenvalue weighted by molar-refractivity contribution is 5.87. The summed E-state index contributed by atoms with van der Waals surface area (Å²) >= 11 is 0. The summed E-state index contributed by atoms with van der Waals surface area (Å²) in [6.07, 6.45) is 0.559. The van der Waals surface area contributed by atoms with Crippen molar-refractivity contribution in [2.45, 2.75) is 45.8 Å². The summed E-state index contributed by atoms with van der Waals surface area (Å²) in [6, 6.07) is 2.07. The molecule has 20 heavy (non-hydrogen) atoms. The van der Waals surface area contributed by atoms with E-state index in [1.807, 2.05) is 33.8 Å². The molecule has 0 fully saturated rings. The molecular weight excluding hydrogens is 258 g/mol. The molecule has 0 spiro atoms. The van der Waals surface area contributed by atoms with E-state index in [0.29, 0.717) is 24.7 Å². The maximum Gasteiger partial charge on any atom is 0.412 e. The second-order valence-electron chi connectivity index (χ2n) is 6.04. The molecule has 1 amide bonds. The lowest BCUT2D eigenvalue weighted by molar-refractivity contribution is 0.195. The fourth-order valence-corrected chi connectivity index (χ4v) is 2.20. The number of pyridine rings is 1. The summed E-state index contributed by atoms with van der Waals surface area (Å²) in [5, 5.41) is 12.7. The van der Waals surface area contributed by atoms with Crippen molar-refractivity contribution in [2.75, 3.05) is 11.5 Å². The first-order valence-electron chi connectivity index (χ1n) is 6.67. The van der Waals surface area contributed by atoms with Gasteiger partial charge < -0.3 is 15.2 Å². The van der Waals surface area contributed by atoms with Crippen LogP contribution >= 0.6 is 0 Å². The van der Waals surface area contributed by atoms with E-state index in [1.165, 1.54) is 4.90 Å². The number of carbonyl (C=O) groups is 1. The third-order valence-corrected chi connectivity index (χ3v) is 3.14. The van der Waals surface area contributed by atoms with Gasteiger partial charge >= 0.3 is 6.09 Å². The summed E-state index contributed by atoms with van der Waals surface area (Å²) in [6.45, 7) is 8.76. The van der Waals surface area contributed by atoms with Crippen molar-refractivity contribution in [3.8, 4) is 5.88 Å². The van der Waals surface area contributed by atoms with Crippen LogP contribution in [-0.2, 0) is 6.54 Å². The van der Waals surface area contributed by atoms with E-state index in [0.717, 1.165) is 5.56 Å². The predicted octanol–water partition coefficient (Wildman–Crippen LogP) is 2.23. The SMILES string of the molecule is C[C@@H]1COc2ncc(N(C(=O)O)C(C)(C)C)cc2CN1. The van der Waals surface area contributed by atoms with Gasteiger partial charge in [0.05, 0.1) is 11.9 Å². The van der Waals surface area contributed by atoms with Crippen molar-refractivity contribution >= 4 is 11.8 Å². The lowest BCUT2D eigenvalue weighted by Gasteiger charge is -2.33. The number of nitrogens with one attached hydrogen (secondary N) is 1. The molecule has 6 heteroatoms. The van der Waals surface area contributed by atoms with E-state index < -0.39 is 11.6 Å². The van der Waals surface area contributed by atoms with Crippen molar-refractivity contribution in [3.05, 3.63) is 17.8 Å². The largest absolute Gasteiger partial charge is 0.476 e. The Morgan fingerprint density at radius 3 is 2.85 bits per heavy atom. The highest BCUT2D eigenvalue weighted by Gasteiger charge is 2.29. The maximum absolute atomic E-state index is 11.5. The zero-order valence-electron chi connectivity index (χ0n) is 12.3. The molecule has 1 aliphatic heterocycles. The van der Waals surface area contributed by atoms with Crippen LogP contribution in [0.3, 0.4) is 0 Å². The van der Waals surface area contributed by atoms with Crippen LogP contribution in [0.2, 0.25) is 0 Å². The molecule has 2 heterocycles. The molecule has 1 aromatic rings. The average molecular weight is 279 g/mol. The second-order valence-corrected chi connectivity index (χ2v) is 6.04. The van der Waals surface area contributed by atoms with Gasteiger partial charge in [-0.2, -0.15) is 0 Å². The maximum atomic E-state index is 11.5. The van der Waals surface area contributed by atoms with Gasteiger partial charge in [0.2, 0.25) is 5.88 Å². The van der Waals surface area contributed by atoms with Gasteiger partial charge in [-0.3, -0.25) is 4.90 Å². The van der Waals surface area contributed by atoms with Gasteiger partial charge in [0.1, 0.15) is 6.61 Å². The number of aromatic nitrogens is 1. The molecule has 0 unspecified atom stereocenters. The van der Waals surface area contributed by atoms with Gasteiger partial charge in [0, 0.05) is 23.7 Å². The molecule has 0 saturated heterocycles. The van der Waals surface area contributed by atoms with Crippen molar-refractivity contribution in [1.29, 1.82) is 0 Å². The molecule has 0 saturated carbocycles. The quantitative estimate of drug-likeness (QED) is 0.824. The zero-order valence-corrected chi connectivity index (χ0v) is 12.3. The Hall–Kier alpha value is -1.82. The third-order valence-electron chi connectivity index (χ3n) is 3.14. The highest BCUT2D eigenvalue weighted by atomic mass is 16.5. The summed E-state index contributed by atoms with van der Waals surface area (Å²) < 4.78 is 5.60. The van der Waals surface area contributed by atoms with E-state index in [1.54, 1.807) is 6.20 Å². The summed E-state index contributed by atoms with van der Waals surface area (Å²) in [5.74, 6) is 0.574. The average Bonchev–Trinajstić information content (AvgIpc) is 2.49. The number of amides is 1. The van der Waals surface area contributed by atoms with Gasteiger partial charge in [0.15, 0.2) is 0 Å². The number of carboxylic acid groups (broad SMARTS) is 1. The summed E-state index contributed by atoms with van der Waals surface area (Å²) in [5.41, 5.74) is 0.902. The molecule has 1 aliphatic rings. The smallest absolute Gasteiger partial charge is 0.412 e. The molecule has 6 nitrogen and oxygen atoms in total. The van der Waals surface area contributed by atoms with Gasteiger partial charge in [-0.25, -0.2) is 9.78 Å². The minimum atomic E-state index is -0.991. The van der Waals surface area contributed by atoms with Crippen LogP contribution in [0.1, 0.15) is 33.3 Å². The van der Waals surface area contributed by atoms with Crippen molar-refractivity contribution in [1.82, 2.24) is 10.3 Å². The fraction of sp³-hybridized carbons (Fsp3) is 0.571. The van der Waals surface area contributed by atoms with Crippen LogP contribution in [0.5, 0.6) is 5.88 Å². The van der Waals surface area contributed by atoms with Crippen molar-refractivity contribution < 1.29 is 14.6 Å². The predicted molar refractivity (Wildman–Crippen MR) is 76.3 cm³/mol. The monoisotopic (exact) mass is 279 g/mol. The van der Waals surface area contributed by atoms with Crippen LogP contribution < -0.4 is 15.0 Å². The second kappa shape index (κ2) is 5.28. The molecule has 0 radical (unpaired) electrons. The summed E-state index contributed by atoms with van der Waals surface area (Å²) in [7, 11) is 0. The molecule has 110 valence electrons. The van der Waals surface area contributed by atoms with E-state index in [9.17, 15) is 9.90 Å². The highest BCUT2D eigenvalue weighted by Crippen LogP contribution is 2.28. The number of nitrogens with zero attached hydrogens (tertiary/aromatic N) is 2. The Morgan fingerprint density at radius 2 is 2.25 bits per heavy atom. The fourth-order valence-electron chi connectivity index (χ4n) is 2.20. The van der Waals surface area contributed by atoms with Crippen LogP contribution in [0.4, 0.5) is 10.5 Å². The number of ether oxygens (including phenoxy) is 1. The standard InChI is InChI=1S/C14H21N3O3/c1-9-8-20-12-10(6-15-9)5-11(7-16-12)17(13(18)19)14(2,3)4/h5,7,9,15H,6,8H2,1-4H3,(H,18,19)/t9-/m1/s1. The minimum Gasteiger partial charge on any atom is -0.476 e. The van der Waals surface area contributed by atoms with Crippen molar-refractivity contribution in [2.24, 2.45) is 0 Å². The van der Waals surface area contributed by atoms with Gasteiger partial charge in [-0.05, 0) is 33.8 Å². The lowest BCUT2D eigenvalue weighted by atomic mass is 10.1. The first-order chi connectivity index (χ1) is 9.29. The van der Waals surface area contributed by atoms with Crippen LogP contribution in [0.15, 0.2) is 12.3 Å². The van der Waals surface area contributed by atoms with E-state index >= 15 is 0 Å². The Kier molecular flexibility index (Phi) is 3.85. The minimum absolute atomic E-state index is 0.242. The van der Waals surface area contributed by atoms with Crippen LogP contribution in [0, 0.1) is 0 Å². The molecule has 1 aromatic heterocycles. The van der Waals surface area contributed by atoms with Gasteiger partial charge in [-0.1, -0.05) is 0 Å². The molecule has 0 aromatic carbocycles. The normalized spacial score (nSPS) is 18.7. The van der Waals surface area contributed by atoms with Gasteiger partial charge in [-0.15, -0.1) is 0 Å². The van der Waals surface area contributed by atoms with E-state index in [2.05, 4.69) is 10.3 Å². The van der Waals surface area contributed by atoms with Crippen LogP contribution in [0.25, 0.3) is 0 Å². The molecule has 1 atom stereocenters. The molecule has 2 rings (SSSR count). The topological polar surface area (TPSA) is 74.7 Å². The van der Waals surface area contributed by atoms with Crippen LogP contribution in [-0.4, -0.2) is 34.4 Å². The Bertz CT molecular complexity index is 511. The number of fused-ring (bicyclic) bond motifs is 1. The third kappa shape index (κ3) is 3.01. The van der Waals surface area contributed by atoms with E-state index in [-0.39, 0.29) is 6.04 Å². The number of rotatable bonds is 1. The molecule has 0 bridgehead atoms. The van der Waals surface area contributed by atoms with Crippen molar-refractivity contribution in [3.63, 3.8) is 0 Å². The first-order valence-corrected chi connectivity index (χ1v) is 6.67. The Morgan fingerprint density at radius 1 is 1.55 bits per heavy atom. The summed E-state index contributed by atoms with van der Waals surface area (Å²) in [4.78, 5) is 17.1. The Labute approximate surface area is 118 Å². The number of hydrogen-bond acceptors (Lipinski definition) is 4.